The van der Waals surface area contributed by atoms with Crippen molar-refractivity contribution in [2.75, 3.05) is 33.9 Å². The molecule has 0 radical (unpaired) electrons. The predicted molar refractivity (Wildman–Crippen MR) is 79.9 cm³/mol. The van der Waals surface area contributed by atoms with Gasteiger partial charge in [0.2, 0.25) is 5.91 Å². The lowest BCUT2D eigenvalue weighted by Crippen LogP contribution is -2.50. The van der Waals surface area contributed by atoms with Crippen LogP contribution in [0.25, 0.3) is 0 Å². The summed E-state index contributed by atoms with van der Waals surface area (Å²) in [7, 11) is 3.07. The van der Waals surface area contributed by atoms with E-state index < -0.39 is 6.04 Å². The van der Waals surface area contributed by atoms with Crippen molar-refractivity contribution in [1.29, 1.82) is 0 Å². The first-order chi connectivity index (χ1) is 10.0. The molecule has 122 valence electrons. The number of methoxy groups -OCH3 is 2. The van der Waals surface area contributed by atoms with Crippen LogP contribution in [0, 0.1) is 5.92 Å². The molecule has 1 N–H and O–H groups in total. The molecule has 0 aromatic rings. The molecule has 0 aliphatic carbocycles. The smallest absolute Gasteiger partial charge is 0.328 e. The number of carbonyl (C=O) groups is 2. The first-order valence-corrected chi connectivity index (χ1v) is 7.64. The minimum absolute atomic E-state index is 0.0561. The third kappa shape index (κ3) is 5.63. The molecule has 2 unspecified atom stereocenters. The molecule has 0 aromatic carbocycles. The molecular weight excluding hydrogens is 272 g/mol. The highest BCUT2D eigenvalue weighted by Crippen LogP contribution is 2.13. The lowest BCUT2D eigenvalue weighted by Gasteiger charge is -2.31. The molecular formula is C15H28N2O4. The van der Waals surface area contributed by atoms with Crippen molar-refractivity contribution >= 4 is 11.9 Å². The Morgan fingerprint density at radius 2 is 1.90 bits per heavy atom. The maximum absolute atomic E-state index is 12.1. The number of ether oxygens (including phenoxy) is 2. The summed E-state index contributed by atoms with van der Waals surface area (Å²) in [5.74, 6) is -0.446. The van der Waals surface area contributed by atoms with Crippen molar-refractivity contribution in [3.05, 3.63) is 0 Å². The Bertz CT molecular complexity index is 341. The Hall–Kier alpha value is -1.14. The second-order valence-electron chi connectivity index (χ2n) is 5.67. The number of hydrogen-bond acceptors (Lipinski definition) is 5. The van der Waals surface area contributed by atoms with Crippen LogP contribution in [0.5, 0.6) is 0 Å². The minimum Gasteiger partial charge on any atom is -0.467 e. The van der Waals surface area contributed by atoms with Gasteiger partial charge in [0, 0.05) is 20.2 Å². The lowest BCUT2D eigenvalue weighted by molar-refractivity contribution is -0.146. The average molecular weight is 300 g/mol. The van der Waals surface area contributed by atoms with Crippen LogP contribution in [0.1, 0.15) is 33.1 Å². The fourth-order valence-electron chi connectivity index (χ4n) is 2.52. The molecule has 6 heteroatoms. The summed E-state index contributed by atoms with van der Waals surface area (Å²) in [6, 6.07) is -0.566. The molecule has 0 spiro atoms. The molecule has 1 aliphatic rings. The Kier molecular flexibility index (Phi) is 7.67. The lowest BCUT2D eigenvalue weighted by atomic mass is 9.99. The molecule has 1 rings (SSSR count). The Balaban J connectivity index is 2.45. The van der Waals surface area contributed by atoms with Crippen LogP contribution < -0.4 is 5.32 Å². The third-order valence-electron chi connectivity index (χ3n) is 4.22. The van der Waals surface area contributed by atoms with E-state index in [1.165, 1.54) is 7.11 Å². The Morgan fingerprint density at radius 1 is 1.29 bits per heavy atom. The van der Waals surface area contributed by atoms with Gasteiger partial charge in [0.05, 0.1) is 19.8 Å². The van der Waals surface area contributed by atoms with Crippen LogP contribution in [0.4, 0.5) is 0 Å². The average Bonchev–Trinajstić information content (AvgIpc) is 2.51. The monoisotopic (exact) mass is 300 g/mol. The predicted octanol–water partition coefficient (Wildman–Crippen LogP) is 0.801. The van der Waals surface area contributed by atoms with Gasteiger partial charge in [0.15, 0.2) is 0 Å². The van der Waals surface area contributed by atoms with Crippen LogP contribution in [0.15, 0.2) is 0 Å². The van der Waals surface area contributed by atoms with Crippen molar-refractivity contribution < 1.29 is 19.1 Å². The largest absolute Gasteiger partial charge is 0.467 e. The molecule has 2 atom stereocenters. The van der Waals surface area contributed by atoms with Gasteiger partial charge < -0.3 is 14.8 Å². The van der Waals surface area contributed by atoms with Gasteiger partial charge in [-0.2, -0.15) is 0 Å². The number of nitrogens with zero attached hydrogens (tertiary/aromatic N) is 1. The fraction of sp³-hybridized carbons (Fsp3) is 0.867. The first kappa shape index (κ1) is 17.9. The van der Waals surface area contributed by atoms with E-state index in [-0.39, 0.29) is 17.8 Å². The van der Waals surface area contributed by atoms with E-state index >= 15 is 0 Å². The van der Waals surface area contributed by atoms with Crippen LogP contribution in [0.2, 0.25) is 0 Å². The van der Waals surface area contributed by atoms with E-state index in [1.54, 1.807) is 7.11 Å². The van der Waals surface area contributed by atoms with Crippen LogP contribution in [0.3, 0.4) is 0 Å². The molecule has 1 aliphatic heterocycles. The van der Waals surface area contributed by atoms with Gasteiger partial charge in [-0.25, -0.2) is 4.79 Å². The van der Waals surface area contributed by atoms with Gasteiger partial charge in [-0.1, -0.05) is 20.3 Å². The van der Waals surface area contributed by atoms with Gasteiger partial charge >= 0.3 is 5.97 Å². The van der Waals surface area contributed by atoms with Crippen LogP contribution in [-0.2, 0) is 19.1 Å². The number of nitrogens with one attached hydrogen (secondary N) is 1. The second kappa shape index (κ2) is 9.00. The normalized spacial score (nSPS) is 19.8. The highest BCUT2D eigenvalue weighted by molar-refractivity contribution is 5.85. The summed E-state index contributed by atoms with van der Waals surface area (Å²) in [6.45, 7) is 5.94. The number of hydrogen-bond donors (Lipinski definition) is 1. The molecule has 0 saturated carbocycles. The van der Waals surface area contributed by atoms with Crippen molar-refractivity contribution in [3.63, 3.8) is 0 Å². The zero-order chi connectivity index (χ0) is 15.8. The van der Waals surface area contributed by atoms with Crippen molar-refractivity contribution in [2.24, 2.45) is 5.92 Å². The second-order valence-corrected chi connectivity index (χ2v) is 5.67. The minimum atomic E-state index is -0.566. The van der Waals surface area contributed by atoms with Crippen molar-refractivity contribution in [1.82, 2.24) is 10.2 Å². The Morgan fingerprint density at radius 3 is 2.38 bits per heavy atom. The summed E-state index contributed by atoms with van der Waals surface area (Å²) in [6.07, 6.45) is 2.98. The van der Waals surface area contributed by atoms with E-state index in [1.807, 2.05) is 13.8 Å². The maximum atomic E-state index is 12.1. The van der Waals surface area contributed by atoms with Crippen molar-refractivity contribution in [2.45, 2.75) is 45.3 Å². The van der Waals surface area contributed by atoms with Gasteiger partial charge in [-0.3, -0.25) is 9.69 Å². The standard InChI is InChI=1S/C15H28N2O4/c1-5-11(2)14(15(19)21-4)16-13(18)10-17-8-6-12(20-3)7-9-17/h11-12,14H,5-10H2,1-4H3,(H,16,18). The van der Waals surface area contributed by atoms with E-state index in [4.69, 9.17) is 9.47 Å². The number of carbonyl (C=O) groups excluding carboxylic acids is 2. The Labute approximate surface area is 127 Å². The molecule has 21 heavy (non-hydrogen) atoms. The van der Waals surface area contributed by atoms with Crippen LogP contribution >= 0.6 is 0 Å². The van der Waals surface area contributed by atoms with Gasteiger partial charge in [0.25, 0.3) is 0 Å². The molecule has 6 nitrogen and oxygen atoms in total. The number of likely N-dealkylation sites (tertiary alicyclic amines) is 1. The molecule has 0 aromatic heterocycles. The molecule has 0 bridgehead atoms. The first-order valence-electron chi connectivity index (χ1n) is 7.64. The zero-order valence-electron chi connectivity index (χ0n) is 13.6. The summed E-state index contributed by atoms with van der Waals surface area (Å²) in [4.78, 5) is 26.0. The highest BCUT2D eigenvalue weighted by Gasteiger charge is 2.28. The SMILES string of the molecule is CCC(C)C(NC(=O)CN1CCC(OC)CC1)C(=O)OC. The summed E-state index contributed by atoms with van der Waals surface area (Å²) in [5, 5.41) is 2.80. The number of amides is 1. The van der Waals surface area contributed by atoms with Crippen molar-refractivity contribution in [3.8, 4) is 0 Å². The zero-order valence-corrected chi connectivity index (χ0v) is 13.6. The third-order valence-corrected chi connectivity index (χ3v) is 4.22. The van der Waals surface area contributed by atoms with Gasteiger partial charge in [-0.15, -0.1) is 0 Å². The number of esters is 1. The quantitative estimate of drug-likeness (QED) is 0.705. The highest BCUT2D eigenvalue weighted by atomic mass is 16.5. The summed E-state index contributed by atoms with van der Waals surface area (Å²) >= 11 is 0. The molecule has 1 heterocycles. The summed E-state index contributed by atoms with van der Waals surface area (Å²) < 4.78 is 10.1. The van der Waals surface area contributed by atoms with Gasteiger partial charge in [0.1, 0.15) is 6.04 Å². The number of rotatable bonds is 7. The van der Waals surface area contributed by atoms with E-state index in [0.29, 0.717) is 12.6 Å². The van der Waals surface area contributed by atoms with Crippen LogP contribution in [-0.4, -0.2) is 62.8 Å². The van der Waals surface area contributed by atoms with E-state index in [2.05, 4.69) is 10.2 Å². The van der Waals surface area contributed by atoms with E-state index in [9.17, 15) is 9.59 Å². The van der Waals surface area contributed by atoms with Gasteiger partial charge in [-0.05, 0) is 18.8 Å². The summed E-state index contributed by atoms with van der Waals surface area (Å²) in [5.41, 5.74) is 0. The molecule has 1 fully saturated rings. The maximum Gasteiger partial charge on any atom is 0.328 e. The molecule has 1 saturated heterocycles. The topological polar surface area (TPSA) is 67.9 Å². The number of piperidine rings is 1. The fourth-order valence-corrected chi connectivity index (χ4v) is 2.52. The molecule has 1 amide bonds. The van der Waals surface area contributed by atoms with E-state index in [0.717, 1.165) is 32.4 Å².